The predicted molar refractivity (Wildman–Crippen MR) is 111 cm³/mol. The Labute approximate surface area is 172 Å². The van der Waals surface area contributed by atoms with Crippen LogP contribution in [0.1, 0.15) is 24.3 Å². The van der Waals surface area contributed by atoms with E-state index < -0.39 is 11.0 Å². The number of benzene rings is 2. The Morgan fingerprint density at radius 1 is 1.27 bits per heavy atom. The van der Waals surface area contributed by atoms with Gasteiger partial charge >= 0.3 is 6.09 Å². The number of carbonyl (C=O) groups excluding carboxylic acids is 1. The number of rotatable bonds is 6. The number of non-ortho nitro benzene ring substituents is 1. The molecule has 2 heterocycles. The van der Waals surface area contributed by atoms with Crippen LogP contribution >= 0.6 is 0 Å². The number of ether oxygens (including phenoxy) is 2. The van der Waals surface area contributed by atoms with Gasteiger partial charge in [0.15, 0.2) is 0 Å². The van der Waals surface area contributed by atoms with E-state index in [1.165, 1.54) is 17.0 Å². The third-order valence-electron chi connectivity index (χ3n) is 5.19. The van der Waals surface area contributed by atoms with Gasteiger partial charge in [-0.3, -0.25) is 15.0 Å². The van der Waals surface area contributed by atoms with Gasteiger partial charge in [-0.1, -0.05) is 0 Å². The number of nitro groups is 1. The summed E-state index contributed by atoms with van der Waals surface area (Å²) in [7, 11) is 1.61. The fraction of sp³-hybridized carbons (Fsp3) is 0.286. The van der Waals surface area contributed by atoms with Crippen LogP contribution in [-0.4, -0.2) is 31.3 Å². The number of nitro benzene ring substituents is 1. The minimum absolute atomic E-state index is 0.102. The Bertz CT molecular complexity index is 1140. The van der Waals surface area contributed by atoms with E-state index in [0.717, 1.165) is 28.0 Å². The van der Waals surface area contributed by atoms with E-state index in [9.17, 15) is 14.9 Å². The van der Waals surface area contributed by atoms with Crippen molar-refractivity contribution < 1.29 is 23.6 Å². The van der Waals surface area contributed by atoms with Gasteiger partial charge in [0.25, 0.3) is 5.69 Å². The molecule has 9 nitrogen and oxygen atoms in total. The van der Waals surface area contributed by atoms with Crippen LogP contribution in [-0.2, 0) is 4.74 Å². The molecule has 0 radical (unpaired) electrons. The lowest BCUT2D eigenvalue weighted by molar-refractivity contribution is -0.384. The first kappa shape index (κ1) is 19.6. The summed E-state index contributed by atoms with van der Waals surface area (Å²) < 4.78 is 16.3. The highest BCUT2D eigenvalue weighted by molar-refractivity contribution is 5.94. The van der Waals surface area contributed by atoms with E-state index in [2.05, 4.69) is 5.32 Å². The summed E-state index contributed by atoms with van der Waals surface area (Å²) >= 11 is 0. The summed E-state index contributed by atoms with van der Waals surface area (Å²) in [5, 5.41) is 15.5. The number of aryl methyl sites for hydroxylation is 1. The average Bonchev–Trinajstić information content (AvgIpc) is 3.31. The molecule has 1 atom stereocenters. The zero-order chi connectivity index (χ0) is 21.4. The summed E-state index contributed by atoms with van der Waals surface area (Å²) in [5.74, 6) is 1.47. The zero-order valence-electron chi connectivity index (χ0n) is 16.8. The molecule has 1 aliphatic rings. The van der Waals surface area contributed by atoms with Gasteiger partial charge in [-0.15, -0.1) is 0 Å². The molecule has 0 aliphatic carbocycles. The van der Waals surface area contributed by atoms with Crippen LogP contribution in [0.5, 0.6) is 5.75 Å². The number of amides is 1. The SMILES string of the molecule is COc1ccc2oc(C(C)Nc3ccc([N+](=O)[O-])cc3N3CCOC3=O)c(C)c2c1. The Morgan fingerprint density at radius 3 is 2.73 bits per heavy atom. The lowest BCUT2D eigenvalue weighted by Crippen LogP contribution is -2.25. The minimum atomic E-state index is -0.529. The van der Waals surface area contributed by atoms with Crippen LogP contribution in [0.15, 0.2) is 40.8 Å². The molecule has 1 saturated heterocycles. The molecule has 30 heavy (non-hydrogen) atoms. The van der Waals surface area contributed by atoms with E-state index in [1.54, 1.807) is 13.2 Å². The number of nitrogens with zero attached hydrogens (tertiary/aromatic N) is 2. The van der Waals surface area contributed by atoms with Gasteiger partial charge in [-0.05, 0) is 38.1 Å². The second-order valence-electron chi connectivity index (χ2n) is 7.04. The van der Waals surface area contributed by atoms with Gasteiger partial charge in [-0.2, -0.15) is 0 Å². The highest BCUT2D eigenvalue weighted by atomic mass is 16.6. The molecule has 1 fully saturated rings. The lowest BCUT2D eigenvalue weighted by atomic mass is 10.1. The maximum absolute atomic E-state index is 12.1. The first-order valence-electron chi connectivity index (χ1n) is 9.45. The number of carbonyl (C=O) groups is 1. The fourth-order valence-corrected chi connectivity index (χ4v) is 3.65. The number of methoxy groups -OCH3 is 1. The van der Waals surface area contributed by atoms with Crippen molar-refractivity contribution in [1.82, 2.24) is 0 Å². The van der Waals surface area contributed by atoms with Gasteiger partial charge in [0.05, 0.1) is 36.0 Å². The molecule has 2 aromatic carbocycles. The van der Waals surface area contributed by atoms with E-state index in [0.29, 0.717) is 17.9 Å². The molecule has 0 spiro atoms. The normalized spacial score (nSPS) is 14.6. The first-order chi connectivity index (χ1) is 14.4. The van der Waals surface area contributed by atoms with E-state index in [-0.39, 0.29) is 18.3 Å². The molecule has 1 amide bonds. The van der Waals surface area contributed by atoms with Crippen molar-refractivity contribution in [3.63, 3.8) is 0 Å². The van der Waals surface area contributed by atoms with Gasteiger partial charge in [-0.25, -0.2) is 4.79 Å². The number of furan rings is 1. The minimum Gasteiger partial charge on any atom is -0.497 e. The summed E-state index contributed by atoms with van der Waals surface area (Å²) in [6, 6.07) is 9.71. The van der Waals surface area contributed by atoms with Gasteiger partial charge in [0.1, 0.15) is 23.7 Å². The fourth-order valence-electron chi connectivity index (χ4n) is 3.65. The Hall–Kier alpha value is -3.75. The van der Waals surface area contributed by atoms with Crippen LogP contribution in [0, 0.1) is 17.0 Å². The van der Waals surface area contributed by atoms with E-state index >= 15 is 0 Å². The van der Waals surface area contributed by atoms with Crippen LogP contribution in [0.3, 0.4) is 0 Å². The van der Waals surface area contributed by atoms with Crippen molar-refractivity contribution in [1.29, 1.82) is 0 Å². The standard InChI is InChI=1S/C21H21N3O6/c1-12-16-11-15(28-3)5-7-19(16)30-20(12)13(2)22-17-6-4-14(24(26)27)10-18(17)23-8-9-29-21(23)25/h4-7,10-11,13,22H,8-9H2,1-3H3. The molecule has 0 saturated carbocycles. The molecule has 0 bridgehead atoms. The smallest absolute Gasteiger partial charge is 0.414 e. The Balaban J connectivity index is 1.70. The van der Waals surface area contributed by atoms with Gasteiger partial charge < -0.3 is 19.2 Å². The van der Waals surface area contributed by atoms with Gasteiger partial charge in [0, 0.05) is 23.1 Å². The van der Waals surface area contributed by atoms with Crippen molar-refractivity contribution in [3.05, 3.63) is 57.8 Å². The largest absolute Gasteiger partial charge is 0.497 e. The maximum atomic E-state index is 12.1. The highest BCUT2D eigenvalue weighted by Crippen LogP contribution is 2.37. The molecule has 1 unspecified atom stereocenters. The second kappa shape index (κ2) is 7.58. The monoisotopic (exact) mass is 411 g/mol. The third kappa shape index (κ3) is 3.38. The molecule has 9 heteroatoms. The lowest BCUT2D eigenvalue weighted by Gasteiger charge is -2.21. The molecular formula is C21H21N3O6. The molecule has 1 aromatic heterocycles. The number of cyclic esters (lactones) is 1. The quantitative estimate of drug-likeness (QED) is 0.459. The molecule has 156 valence electrons. The number of nitrogens with one attached hydrogen (secondary N) is 1. The van der Waals surface area contributed by atoms with Crippen LogP contribution in [0.25, 0.3) is 11.0 Å². The summed E-state index contributed by atoms with van der Waals surface area (Å²) in [4.78, 5) is 24.2. The average molecular weight is 411 g/mol. The summed E-state index contributed by atoms with van der Waals surface area (Å²) in [6.45, 7) is 4.45. The second-order valence-corrected chi connectivity index (χ2v) is 7.04. The highest BCUT2D eigenvalue weighted by Gasteiger charge is 2.28. The first-order valence-corrected chi connectivity index (χ1v) is 9.45. The number of anilines is 2. The number of hydrogen-bond donors (Lipinski definition) is 1. The zero-order valence-corrected chi connectivity index (χ0v) is 16.8. The summed E-state index contributed by atoms with van der Waals surface area (Å²) in [6.07, 6.45) is -0.529. The van der Waals surface area contributed by atoms with Crippen molar-refractivity contribution >= 4 is 34.1 Å². The van der Waals surface area contributed by atoms with Crippen LogP contribution in [0.4, 0.5) is 21.9 Å². The molecule has 1 aliphatic heterocycles. The molecule has 3 aromatic rings. The Morgan fingerprint density at radius 2 is 2.07 bits per heavy atom. The number of hydrogen-bond acceptors (Lipinski definition) is 7. The Kier molecular flexibility index (Phi) is 4.94. The van der Waals surface area contributed by atoms with Crippen molar-refractivity contribution in [2.75, 3.05) is 30.5 Å². The maximum Gasteiger partial charge on any atom is 0.414 e. The molecule has 1 N–H and O–H groups in total. The van der Waals surface area contributed by atoms with Gasteiger partial charge in [0.2, 0.25) is 0 Å². The van der Waals surface area contributed by atoms with Crippen molar-refractivity contribution in [2.45, 2.75) is 19.9 Å². The molecule has 4 rings (SSSR count). The van der Waals surface area contributed by atoms with Crippen LogP contribution < -0.4 is 15.0 Å². The number of fused-ring (bicyclic) bond motifs is 1. The summed E-state index contributed by atoms with van der Waals surface area (Å²) in [5.41, 5.74) is 2.57. The third-order valence-corrected chi connectivity index (χ3v) is 5.19. The molecular weight excluding hydrogens is 390 g/mol. The van der Waals surface area contributed by atoms with E-state index in [4.69, 9.17) is 13.9 Å². The van der Waals surface area contributed by atoms with Crippen LogP contribution in [0.2, 0.25) is 0 Å². The van der Waals surface area contributed by atoms with Crippen molar-refractivity contribution in [3.8, 4) is 5.75 Å². The van der Waals surface area contributed by atoms with Crippen molar-refractivity contribution in [2.24, 2.45) is 0 Å². The van der Waals surface area contributed by atoms with E-state index in [1.807, 2.05) is 32.0 Å². The predicted octanol–water partition coefficient (Wildman–Crippen LogP) is 4.79. The topological polar surface area (TPSA) is 107 Å².